The van der Waals surface area contributed by atoms with Gasteiger partial charge in [-0.05, 0) is 30.9 Å². The van der Waals surface area contributed by atoms with Crippen LogP contribution in [-0.2, 0) is 9.59 Å². The minimum atomic E-state index is -0.797. The van der Waals surface area contributed by atoms with Gasteiger partial charge in [0.2, 0.25) is 5.91 Å². The predicted octanol–water partition coefficient (Wildman–Crippen LogP) is 1.42. The zero-order chi connectivity index (χ0) is 19.1. The van der Waals surface area contributed by atoms with Crippen LogP contribution in [0, 0.1) is 11.3 Å². The van der Waals surface area contributed by atoms with Crippen LogP contribution in [0.1, 0.15) is 41.6 Å². The number of carboxylic acid groups (broad SMARTS) is 1. The number of likely N-dealkylation sites (tertiary alicyclic amines) is 1. The normalized spacial score (nSPS) is 14.1. The molecule has 1 aromatic carbocycles. The fraction of sp³-hybridized carbons (Fsp3) is 0.444. The van der Waals surface area contributed by atoms with Crippen LogP contribution in [0.4, 0.5) is 0 Å². The van der Waals surface area contributed by atoms with E-state index in [2.05, 4.69) is 5.32 Å². The summed E-state index contributed by atoms with van der Waals surface area (Å²) in [6.45, 7) is 1.37. The van der Waals surface area contributed by atoms with E-state index in [9.17, 15) is 14.4 Å². The Bertz CT molecular complexity index is 685. The van der Waals surface area contributed by atoms with Crippen molar-refractivity contribution in [2.45, 2.75) is 25.7 Å². The number of halogens is 1. The third kappa shape index (κ3) is 7.16. The summed E-state index contributed by atoms with van der Waals surface area (Å²) in [7, 11) is 0. The molecule has 0 aliphatic carbocycles. The first-order valence-electron chi connectivity index (χ1n) is 8.59. The summed E-state index contributed by atoms with van der Waals surface area (Å²) in [6, 6.07) is 6.37. The van der Waals surface area contributed by atoms with Gasteiger partial charge in [0.15, 0.2) is 0 Å². The van der Waals surface area contributed by atoms with Gasteiger partial charge in [0.05, 0.1) is 0 Å². The number of nitrogens with zero attached hydrogens (tertiary/aromatic N) is 1. The summed E-state index contributed by atoms with van der Waals surface area (Å²) < 4.78 is 0. The van der Waals surface area contributed by atoms with E-state index in [-0.39, 0.29) is 66.9 Å². The summed E-state index contributed by atoms with van der Waals surface area (Å²) in [5.41, 5.74) is 6.35. The predicted molar refractivity (Wildman–Crippen MR) is 111 cm³/mol. The largest absolute Gasteiger partial charge is 0.481 e. The highest BCUT2D eigenvalue weighted by Gasteiger charge is 2.24. The van der Waals surface area contributed by atoms with Gasteiger partial charge >= 0.3 is 5.97 Å². The van der Waals surface area contributed by atoms with Crippen molar-refractivity contribution in [3.8, 4) is 0 Å². The van der Waals surface area contributed by atoms with Gasteiger partial charge in [-0.15, -0.1) is 24.0 Å². The first-order chi connectivity index (χ1) is 12.4. The van der Waals surface area contributed by atoms with E-state index in [4.69, 9.17) is 16.2 Å². The number of hydrogen-bond acceptors (Lipinski definition) is 4. The fourth-order valence-corrected chi connectivity index (χ4v) is 2.98. The minimum absolute atomic E-state index is 0. The van der Waals surface area contributed by atoms with Crippen molar-refractivity contribution in [1.82, 2.24) is 10.2 Å². The molecule has 1 heterocycles. The Morgan fingerprint density at radius 1 is 1.15 bits per heavy atom. The van der Waals surface area contributed by atoms with Crippen LogP contribution < -0.4 is 11.1 Å². The first-order valence-corrected chi connectivity index (χ1v) is 8.59. The molecule has 8 nitrogen and oxygen atoms in total. The van der Waals surface area contributed by atoms with Crippen LogP contribution in [0.2, 0.25) is 0 Å². The molecule has 0 spiro atoms. The Morgan fingerprint density at radius 2 is 1.70 bits per heavy atom. The number of nitrogen functional groups attached to an aromatic ring is 1. The monoisotopic (exact) mass is 488 g/mol. The van der Waals surface area contributed by atoms with Crippen LogP contribution in [-0.4, -0.2) is 53.3 Å². The first kappa shape index (κ1) is 22.9. The van der Waals surface area contributed by atoms with Crippen molar-refractivity contribution in [2.24, 2.45) is 11.7 Å². The van der Waals surface area contributed by atoms with Crippen molar-refractivity contribution in [1.29, 1.82) is 5.41 Å². The van der Waals surface area contributed by atoms with Crippen LogP contribution in [0.25, 0.3) is 0 Å². The van der Waals surface area contributed by atoms with Gasteiger partial charge in [-0.3, -0.25) is 19.8 Å². The standard InChI is InChI=1S/C18H24N4O4.HI/c19-17(20)13-1-3-14(4-2-13)18(26)21-8-5-15(23)22-9-6-12(7-10-22)11-16(24)25;/h1-4,12H,5-11H2,(H3,19,20)(H,21,26)(H,24,25);1H. The molecule has 1 aliphatic heterocycles. The molecule has 0 saturated carbocycles. The number of benzene rings is 1. The highest BCUT2D eigenvalue weighted by Crippen LogP contribution is 2.20. The van der Waals surface area contributed by atoms with E-state index < -0.39 is 5.97 Å². The molecule has 148 valence electrons. The number of amides is 2. The Labute approximate surface area is 175 Å². The zero-order valence-electron chi connectivity index (χ0n) is 14.9. The molecule has 2 rings (SSSR count). The van der Waals surface area contributed by atoms with Gasteiger partial charge in [-0.1, -0.05) is 12.1 Å². The van der Waals surface area contributed by atoms with Gasteiger partial charge in [-0.2, -0.15) is 0 Å². The Balaban J connectivity index is 0.00000364. The van der Waals surface area contributed by atoms with Gasteiger partial charge in [0.1, 0.15) is 5.84 Å². The number of carboxylic acids is 1. The van der Waals surface area contributed by atoms with Crippen LogP contribution in [0.15, 0.2) is 24.3 Å². The third-order valence-corrected chi connectivity index (χ3v) is 4.51. The molecule has 1 aliphatic rings. The van der Waals surface area contributed by atoms with Crippen LogP contribution in [0.5, 0.6) is 0 Å². The average Bonchev–Trinajstić information content (AvgIpc) is 2.61. The summed E-state index contributed by atoms with van der Waals surface area (Å²) in [4.78, 5) is 36.7. The second-order valence-corrected chi connectivity index (χ2v) is 6.42. The average molecular weight is 488 g/mol. The molecule has 0 bridgehead atoms. The smallest absolute Gasteiger partial charge is 0.303 e. The summed E-state index contributed by atoms with van der Waals surface area (Å²) in [5.74, 6) is -1.04. The maximum absolute atomic E-state index is 12.2. The lowest BCUT2D eigenvalue weighted by Gasteiger charge is -2.31. The highest BCUT2D eigenvalue weighted by atomic mass is 127. The number of nitrogens with one attached hydrogen (secondary N) is 2. The molecule has 0 radical (unpaired) electrons. The SMILES string of the molecule is I.N=C(N)c1ccc(C(=O)NCCC(=O)N2CCC(CC(=O)O)CC2)cc1. The van der Waals surface area contributed by atoms with E-state index in [1.807, 2.05) is 0 Å². The number of amidine groups is 1. The molecule has 27 heavy (non-hydrogen) atoms. The molecule has 9 heteroatoms. The van der Waals surface area contributed by atoms with Gasteiger partial charge in [0.25, 0.3) is 5.91 Å². The highest BCUT2D eigenvalue weighted by molar-refractivity contribution is 14.0. The maximum atomic E-state index is 12.2. The molecule has 2 amide bonds. The van der Waals surface area contributed by atoms with Crippen molar-refractivity contribution in [3.63, 3.8) is 0 Å². The van der Waals surface area contributed by atoms with Gasteiger partial charge in [-0.25, -0.2) is 0 Å². The number of carbonyl (C=O) groups excluding carboxylic acids is 2. The molecule has 5 N–H and O–H groups in total. The van der Waals surface area contributed by atoms with E-state index in [1.165, 1.54) is 0 Å². The van der Waals surface area contributed by atoms with Crippen molar-refractivity contribution in [2.75, 3.05) is 19.6 Å². The molecule has 0 aromatic heterocycles. The summed E-state index contributed by atoms with van der Waals surface area (Å²) in [5, 5.41) is 18.8. The number of rotatable bonds is 7. The van der Waals surface area contributed by atoms with Crippen molar-refractivity contribution in [3.05, 3.63) is 35.4 Å². The number of nitrogens with two attached hydrogens (primary N) is 1. The number of carbonyl (C=O) groups is 3. The Kier molecular flexibility index (Phi) is 9.19. The fourth-order valence-electron chi connectivity index (χ4n) is 2.98. The molecule has 1 saturated heterocycles. The summed E-state index contributed by atoms with van der Waals surface area (Å²) in [6.07, 6.45) is 1.77. The molecular weight excluding hydrogens is 463 g/mol. The number of hydrogen-bond donors (Lipinski definition) is 4. The van der Waals surface area contributed by atoms with E-state index >= 15 is 0 Å². The molecule has 0 atom stereocenters. The molecular formula is C18H25IN4O4. The lowest BCUT2D eigenvalue weighted by molar-refractivity contribution is -0.138. The maximum Gasteiger partial charge on any atom is 0.303 e. The minimum Gasteiger partial charge on any atom is -0.481 e. The Morgan fingerprint density at radius 3 is 2.22 bits per heavy atom. The van der Waals surface area contributed by atoms with E-state index in [0.717, 1.165) is 0 Å². The van der Waals surface area contributed by atoms with Gasteiger partial charge in [0, 0.05) is 43.6 Å². The van der Waals surface area contributed by atoms with Crippen molar-refractivity contribution < 1.29 is 19.5 Å². The van der Waals surface area contributed by atoms with E-state index in [1.54, 1.807) is 29.2 Å². The lowest BCUT2D eigenvalue weighted by atomic mass is 9.93. The van der Waals surface area contributed by atoms with Crippen molar-refractivity contribution >= 4 is 47.6 Å². The Hall–Kier alpha value is -2.17. The van der Waals surface area contributed by atoms with E-state index in [0.29, 0.717) is 37.1 Å². The third-order valence-electron chi connectivity index (χ3n) is 4.51. The quantitative estimate of drug-likeness (QED) is 0.262. The van der Waals surface area contributed by atoms with Crippen LogP contribution >= 0.6 is 24.0 Å². The molecule has 0 unspecified atom stereocenters. The zero-order valence-corrected chi connectivity index (χ0v) is 17.3. The lowest BCUT2D eigenvalue weighted by Crippen LogP contribution is -2.40. The summed E-state index contributed by atoms with van der Waals surface area (Å²) >= 11 is 0. The molecule has 1 fully saturated rings. The number of aliphatic carboxylic acids is 1. The van der Waals surface area contributed by atoms with Gasteiger partial charge < -0.3 is 21.1 Å². The second kappa shape index (κ2) is 10.9. The number of piperidine rings is 1. The molecule has 1 aromatic rings. The van der Waals surface area contributed by atoms with Crippen LogP contribution in [0.3, 0.4) is 0 Å². The topological polar surface area (TPSA) is 137 Å². The second-order valence-electron chi connectivity index (χ2n) is 6.42.